The Kier molecular flexibility index (Phi) is 7.87. The van der Waals surface area contributed by atoms with E-state index >= 15 is 0 Å². The summed E-state index contributed by atoms with van der Waals surface area (Å²) >= 11 is 0. The van der Waals surface area contributed by atoms with Crippen molar-refractivity contribution in [2.24, 2.45) is 11.7 Å². The lowest BCUT2D eigenvalue weighted by Crippen LogP contribution is -2.42. The van der Waals surface area contributed by atoms with Crippen LogP contribution in [0.25, 0.3) is 0 Å². The molecule has 1 fully saturated rings. The Bertz CT molecular complexity index is 449. The van der Waals surface area contributed by atoms with Crippen molar-refractivity contribution >= 4 is 18.3 Å². The Morgan fingerprint density at radius 3 is 2.64 bits per heavy atom. The number of nitrogens with two attached hydrogens (primary N) is 1. The molecule has 1 aliphatic rings. The molecule has 3 unspecified atom stereocenters. The van der Waals surface area contributed by atoms with Crippen LogP contribution < -0.4 is 5.73 Å². The standard InChI is InChI=1S/C17H26N2O2.ClH/c1-3-19(12-15-10-7-11-21-15)17(20)13(2)16(18)14-8-5-4-6-9-14;/h4-6,8-9,13,15-16H,3,7,10-12,18H2,1-2H3;1H. The van der Waals surface area contributed by atoms with Crippen LogP contribution >= 0.6 is 12.4 Å². The highest BCUT2D eigenvalue weighted by Gasteiger charge is 2.28. The number of likely N-dealkylation sites (N-methyl/N-ethyl adjacent to an activating group) is 1. The number of hydrogen-bond acceptors (Lipinski definition) is 3. The molecule has 124 valence electrons. The molecule has 1 aromatic rings. The second-order valence-electron chi connectivity index (χ2n) is 5.74. The molecule has 1 aliphatic heterocycles. The average molecular weight is 327 g/mol. The summed E-state index contributed by atoms with van der Waals surface area (Å²) in [6.45, 7) is 6.12. The van der Waals surface area contributed by atoms with E-state index in [1.54, 1.807) is 0 Å². The number of hydrogen-bond donors (Lipinski definition) is 1. The van der Waals surface area contributed by atoms with Gasteiger partial charge in [0, 0.05) is 25.7 Å². The van der Waals surface area contributed by atoms with Crippen molar-refractivity contribution < 1.29 is 9.53 Å². The number of benzene rings is 1. The van der Waals surface area contributed by atoms with E-state index in [9.17, 15) is 4.79 Å². The van der Waals surface area contributed by atoms with E-state index in [0.717, 1.165) is 25.0 Å². The Balaban J connectivity index is 0.00000242. The minimum atomic E-state index is -0.266. The Morgan fingerprint density at radius 1 is 1.41 bits per heavy atom. The van der Waals surface area contributed by atoms with Crippen LogP contribution in [0.15, 0.2) is 30.3 Å². The first kappa shape index (κ1) is 18.9. The molecule has 2 N–H and O–H groups in total. The molecule has 0 radical (unpaired) electrons. The van der Waals surface area contributed by atoms with Crippen molar-refractivity contribution in [1.29, 1.82) is 0 Å². The van der Waals surface area contributed by atoms with E-state index in [1.807, 2.05) is 49.1 Å². The van der Waals surface area contributed by atoms with Crippen molar-refractivity contribution in [2.45, 2.75) is 38.8 Å². The van der Waals surface area contributed by atoms with Gasteiger partial charge in [0.15, 0.2) is 0 Å². The summed E-state index contributed by atoms with van der Waals surface area (Å²) in [5.74, 6) is -0.113. The number of halogens is 1. The van der Waals surface area contributed by atoms with Crippen molar-refractivity contribution in [3.05, 3.63) is 35.9 Å². The van der Waals surface area contributed by atoms with Crippen LogP contribution in [-0.2, 0) is 9.53 Å². The fourth-order valence-corrected chi connectivity index (χ4v) is 2.81. The Hall–Kier alpha value is -1.10. The predicted molar refractivity (Wildman–Crippen MR) is 91.0 cm³/mol. The lowest BCUT2D eigenvalue weighted by Gasteiger charge is -2.29. The van der Waals surface area contributed by atoms with E-state index in [2.05, 4.69) is 0 Å². The fraction of sp³-hybridized carbons (Fsp3) is 0.588. The highest BCUT2D eigenvalue weighted by atomic mass is 35.5. The van der Waals surface area contributed by atoms with Crippen molar-refractivity contribution in [3.63, 3.8) is 0 Å². The van der Waals surface area contributed by atoms with Crippen LogP contribution in [0.2, 0.25) is 0 Å². The molecule has 4 nitrogen and oxygen atoms in total. The van der Waals surface area contributed by atoms with E-state index in [-0.39, 0.29) is 36.4 Å². The van der Waals surface area contributed by atoms with E-state index < -0.39 is 0 Å². The van der Waals surface area contributed by atoms with Crippen LogP contribution in [0.5, 0.6) is 0 Å². The second kappa shape index (κ2) is 9.13. The van der Waals surface area contributed by atoms with Crippen LogP contribution in [0.1, 0.15) is 38.3 Å². The topological polar surface area (TPSA) is 55.6 Å². The molecule has 0 aromatic heterocycles. The first-order valence-corrected chi connectivity index (χ1v) is 7.84. The molecule has 1 heterocycles. The quantitative estimate of drug-likeness (QED) is 0.874. The van der Waals surface area contributed by atoms with Gasteiger partial charge in [-0.3, -0.25) is 4.79 Å². The van der Waals surface area contributed by atoms with Crippen LogP contribution in [0.4, 0.5) is 0 Å². The van der Waals surface area contributed by atoms with Crippen LogP contribution in [0, 0.1) is 5.92 Å². The number of carbonyl (C=O) groups excluding carboxylic acids is 1. The number of nitrogens with zero attached hydrogens (tertiary/aromatic N) is 1. The molecule has 2 rings (SSSR count). The molecular formula is C17H27ClN2O2. The molecule has 3 atom stereocenters. The summed E-state index contributed by atoms with van der Waals surface area (Å²) < 4.78 is 5.64. The molecular weight excluding hydrogens is 300 g/mol. The van der Waals surface area contributed by atoms with Crippen molar-refractivity contribution in [1.82, 2.24) is 4.90 Å². The summed E-state index contributed by atoms with van der Waals surface area (Å²) in [4.78, 5) is 14.5. The average Bonchev–Trinajstić information content (AvgIpc) is 3.04. The number of ether oxygens (including phenoxy) is 1. The van der Waals surface area contributed by atoms with Gasteiger partial charge in [-0.25, -0.2) is 0 Å². The van der Waals surface area contributed by atoms with Gasteiger partial charge >= 0.3 is 0 Å². The predicted octanol–water partition coefficient (Wildman–Crippen LogP) is 2.77. The van der Waals surface area contributed by atoms with Crippen LogP contribution in [0.3, 0.4) is 0 Å². The summed E-state index contributed by atoms with van der Waals surface area (Å²) in [5.41, 5.74) is 7.27. The Morgan fingerprint density at radius 2 is 2.09 bits per heavy atom. The van der Waals surface area contributed by atoms with Crippen LogP contribution in [-0.4, -0.2) is 36.6 Å². The van der Waals surface area contributed by atoms with Gasteiger partial charge < -0.3 is 15.4 Å². The molecule has 22 heavy (non-hydrogen) atoms. The summed E-state index contributed by atoms with van der Waals surface area (Å²) in [6, 6.07) is 9.55. The number of amides is 1. The van der Waals surface area contributed by atoms with Crippen molar-refractivity contribution in [3.8, 4) is 0 Å². The lowest BCUT2D eigenvalue weighted by atomic mass is 9.94. The zero-order valence-corrected chi connectivity index (χ0v) is 14.2. The highest BCUT2D eigenvalue weighted by molar-refractivity contribution is 5.85. The van der Waals surface area contributed by atoms with Gasteiger partial charge in [0.05, 0.1) is 12.0 Å². The molecule has 0 saturated carbocycles. The molecule has 5 heteroatoms. The monoisotopic (exact) mass is 326 g/mol. The number of rotatable bonds is 6. The van der Waals surface area contributed by atoms with Gasteiger partial charge in [-0.1, -0.05) is 37.3 Å². The molecule has 0 aliphatic carbocycles. The maximum absolute atomic E-state index is 12.7. The minimum Gasteiger partial charge on any atom is -0.376 e. The smallest absolute Gasteiger partial charge is 0.227 e. The minimum absolute atomic E-state index is 0. The zero-order valence-electron chi connectivity index (χ0n) is 13.4. The van der Waals surface area contributed by atoms with E-state index in [0.29, 0.717) is 13.1 Å². The van der Waals surface area contributed by atoms with Gasteiger partial charge in [-0.2, -0.15) is 0 Å². The molecule has 1 saturated heterocycles. The molecule has 1 aromatic carbocycles. The summed E-state index contributed by atoms with van der Waals surface area (Å²) in [7, 11) is 0. The maximum Gasteiger partial charge on any atom is 0.227 e. The van der Waals surface area contributed by atoms with Gasteiger partial charge in [0.25, 0.3) is 0 Å². The number of carbonyl (C=O) groups is 1. The third-order valence-electron chi connectivity index (χ3n) is 4.25. The van der Waals surface area contributed by atoms with Crippen molar-refractivity contribution in [2.75, 3.05) is 19.7 Å². The van der Waals surface area contributed by atoms with E-state index in [1.165, 1.54) is 0 Å². The van der Waals surface area contributed by atoms with Gasteiger partial charge in [0.1, 0.15) is 0 Å². The Labute approximate surface area is 139 Å². The summed E-state index contributed by atoms with van der Waals surface area (Å²) in [6.07, 6.45) is 2.33. The molecule has 0 bridgehead atoms. The largest absolute Gasteiger partial charge is 0.376 e. The highest BCUT2D eigenvalue weighted by Crippen LogP contribution is 2.22. The summed E-state index contributed by atoms with van der Waals surface area (Å²) in [5, 5.41) is 0. The maximum atomic E-state index is 12.7. The van der Waals surface area contributed by atoms with Gasteiger partial charge in [-0.05, 0) is 25.3 Å². The SMILES string of the molecule is CCN(CC1CCCO1)C(=O)C(C)C(N)c1ccccc1.Cl. The second-order valence-corrected chi connectivity index (χ2v) is 5.74. The third-order valence-corrected chi connectivity index (χ3v) is 4.25. The fourth-order valence-electron chi connectivity index (χ4n) is 2.81. The van der Waals surface area contributed by atoms with Gasteiger partial charge in [0.2, 0.25) is 5.91 Å². The first-order valence-electron chi connectivity index (χ1n) is 7.84. The molecule has 0 spiro atoms. The normalized spacial score (nSPS) is 20.0. The van der Waals surface area contributed by atoms with E-state index in [4.69, 9.17) is 10.5 Å². The third kappa shape index (κ3) is 4.70. The molecule has 1 amide bonds. The van der Waals surface area contributed by atoms with Gasteiger partial charge in [-0.15, -0.1) is 12.4 Å². The first-order chi connectivity index (χ1) is 10.1. The zero-order chi connectivity index (χ0) is 15.2. The lowest BCUT2D eigenvalue weighted by molar-refractivity contribution is -0.137.